The number of aliphatic hydroxyl groups excluding tert-OH is 1. The lowest BCUT2D eigenvalue weighted by Gasteiger charge is -2.25. The summed E-state index contributed by atoms with van der Waals surface area (Å²) in [6.07, 6.45) is -0.369. The van der Waals surface area contributed by atoms with E-state index in [0.717, 1.165) is 4.48 Å². The summed E-state index contributed by atoms with van der Waals surface area (Å²) in [6.45, 7) is 0.712. The van der Waals surface area contributed by atoms with Gasteiger partial charge < -0.3 is 9.59 Å². The van der Waals surface area contributed by atoms with Crippen molar-refractivity contribution >= 4 is 24.0 Å². The van der Waals surface area contributed by atoms with E-state index < -0.39 is 0 Å². The van der Waals surface area contributed by atoms with E-state index in [1.54, 1.807) is 0 Å². The van der Waals surface area contributed by atoms with Crippen molar-refractivity contribution in [1.29, 1.82) is 0 Å². The molecule has 0 aliphatic rings. The fourth-order valence-electron chi connectivity index (χ4n) is 0.681. The van der Waals surface area contributed by atoms with E-state index >= 15 is 0 Å². The number of rotatable bonds is 3. The second kappa shape index (κ2) is 5.19. The first-order chi connectivity index (χ1) is 3.95. The maximum atomic E-state index is 9.05. The van der Waals surface area contributed by atoms with E-state index in [2.05, 4.69) is 0 Å². The molecular formula is C6H16Cl2NO+. The molecule has 2 nitrogen and oxygen atoms in total. The van der Waals surface area contributed by atoms with Crippen LogP contribution in [0.4, 0.5) is 0 Å². The van der Waals surface area contributed by atoms with Gasteiger partial charge in [0.1, 0.15) is 12.6 Å². The van der Waals surface area contributed by atoms with Gasteiger partial charge in [0.25, 0.3) is 0 Å². The first kappa shape index (κ1) is 13.1. The summed E-state index contributed by atoms with van der Waals surface area (Å²) >= 11 is 5.40. The molecule has 0 unspecified atom stereocenters. The van der Waals surface area contributed by atoms with Gasteiger partial charge in [-0.3, -0.25) is 0 Å². The van der Waals surface area contributed by atoms with Gasteiger partial charge >= 0.3 is 0 Å². The van der Waals surface area contributed by atoms with Crippen molar-refractivity contribution in [3.63, 3.8) is 0 Å². The smallest absolute Gasteiger partial charge is 0.116 e. The van der Waals surface area contributed by atoms with E-state index in [9.17, 15) is 0 Å². The second-order valence-corrected chi connectivity index (χ2v) is 3.59. The standard InChI is InChI=1S/C6H15ClNO.ClH/c1-8(2,3)5-6(9)4-7;/h6,9H,4-5H2,1-3H3;1H/q+1;/t6-;/m1./s1. The van der Waals surface area contributed by atoms with E-state index in [1.807, 2.05) is 21.1 Å². The Morgan fingerprint density at radius 1 is 1.40 bits per heavy atom. The van der Waals surface area contributed by atoms with Gasteiger partial charge in [-0.2, -0.15) is 0 Å². The van der Waals surface area contributed by atoms with Crippen LogP contribution >= 0.6 is 24.0 Å². The van der Waals surface area contributed by atoms with Crippen LogP contribution in [0.1, 0.15) is 0 Å². The third kappa shape index (κ3) is 8.50. The molecule has 0 amide bonds. The fourth-order valence-corrected chi connectivity index (χ4v) is 0.779. The third-order valence-electron chi connectivity index (χ3n) is 0.937. The molecule has 0 rings (SSSR count). The topological polar surface area (TPSA) is 20.2 Å². The quantitative estimate of drug-likeness (QED) is 0.512. The molecule has 0 aliphatic carbocycles. The molecule has 0 fully saturated rings. The predicted octanol–water partition coefficient (Wildman–Crippen LogP) is 0.714. The Morgan fingerprint density at radius 2 is 1.80 bits per heavy atom. The van der Waals surface area contributed by atoms with Crippen LogP contribution in [0.2, 0.25) is 0 Å². The van der Waals surface area contributed by atoms with Gasteiger partial charge in [0.15, 0.2) is 0 Å². The van der Waals surface area contributed by atoms with Crippen LogP contribution in [-0.4, -0.2) is 49.3 Å². The Kier molecular flexibility index (Phi) is 6.81. The molecule has 0 aromatic carbocycles. The summed E-state index contributed by atoms with van der Waals surface area (Å²) in [6, 6.07) is 0. The van der Waals surface area contributed by atoms with Gasteiger partial charge in [-0.25, -0.2) is 0 Å². The minimum absolute atomic E-state index is 0. The molecule has 10 heavy (non-hydrogen) atoms. The highest BCUT2D eigenvalue weighted by molar-refractivity contribution is 6.18. The molecule has 0 saturated heterocycles. The zero-order valence-corrected chi connectivity index (χ0v) is 8.24. The summed E-state index contributed by atoms with van der Waals surface area (Å²) in [5.41, 5.74) is 0. The molecule has 0 aromatic rings. The van der Waals surface area contributed by atoms with E-state index in [-0.39, 0.29) is 18.5 Å². The molecule has 0 heterocycles. The number of aliphatic hydroxyl groups is 1. The maximum Gasteiger partial charge on any atom is 0.116 e. The highest BCUT2D eigenvalue weighted by Crippen LogP contribution is 1.95. The Hall–Kier alpha value is 0.500. The van der Waals surface area contributed by atoms with Crippen molar-refractivity contribution in [2.24, 2.45) is 0 Å². The Labute approximate surface area is 73.8 Å². The van der Waals surface area contributed by atoms with Crippen molar-refractivity contribution in [2.45, 2.75) is 6.10 Å². The summed E-state index contributed by atoms with van der Waals surface area (Å²) in [5, 5.41) is 9.05. The number of alkyl halides is 1. The van der Waals surface area contributed by atoms with Crippen molar-refractivity contribution in [3.8, 4) is 0 Å². The lowest BCUT2D eigenvalue weighted by atomic mass is 10.3. The van der Waals surface area contributed by atoms with Crippen LogP contribution in [0.5, 0.6) is 0 Å². The summed E-state index contributed by atoms with van der Waals surface area (Å²) < 4.78 is 0.758. The number of hydrogen-bond donors (Lipinski definition) is 1. The number of hydrogen-bond acceptors (Lipinski definition) is 1. The van der Waals surface area contributed by atoms with Crippen molar-refractivity contribution < 1.29 is 9.59 Å². The molecule has 1 atom stereocenters. The minimum atomic E-state index is -0.369. The summed E-state index contributed by atoms with van der Waals surface area (Å²) in [4.78, 5) is 0. The highest BCUT2D eigenvalue weighted by Gasteiger charge is 2.13. The fraction of sp³-hybridized carbons (Fsp3) is 1.00. The maximum absolute atomic E-state index is 9.05. The first-order valence-electron chi connectivity index (χ1n) is 3.00. The molecule has 1 N–H and O–H groups in total. The summed E-state index contributed by atoms with van der Waals surface area (Å²) in [7, 11) is 6.07. The lowest BCUT2D eigenvalue weighted by molar-refractivity contribution is -0.873. The van der Waals surface area contributed by atoms with Gasteiger partial charge in [-0.05, 0) is 0 Å². The highest BCUT2D eigenvalue weighted by atomic mass is 35.5. The van der Waals surface area contributed by atoms with Gasteiger partial charge in [0.2, 0.25) is 0 Å². The van der Waals surface area contributed by atoms with E-state index in [1.165, 1.54) is 0 Å². The van der Waals surface area contributed by atoms with Crippen LogP contribution in [0.15, 0.2) is 0 Å². The second-order valence-electron chi connectivity index (χ2n) is 3.28. The van der Waals surface area contributed by atoms with Crippen molar-refractivity contribution in [1.82, 2.24) is 0 Å². The Balaban J connectivity index is 0. The SMILES string of the molecule is C[N+](C)(C)C[C@H](O)CCl.Cl. The lowest BCUT2D eigenvalue weighted by Crippen LogP contribution is -2.41. The van der Waals surface area contributed by atoms with Gasteiger partial charge in [0, 0.05) is 0 Å². The van der Waals surface area contributed by atoms with Crippen molar-refractivity contribution in [3.05, 3.63) is 0 Å². The van der Waals surface area contributed by atoms with Gasteiger partial charge in [0.05, 0.1) is 27.0 Å². The van der Waals surface area contributed by atoms with Crippen LogP contribution in [0.3, 0.4) is 0 Å². The number of halogens is 2. The van der Waals surface area contributed by atoms with E-state index in [4.69, 9.17) is 16.7 Å². The molecule has 64 valence electrons. The predicted molar refractivity (Wildman–Crippen MR) is 46.9 cm³/mol. The van der Waals surface area contributed by atoms with Crippen LogP contribution in [0.25, 0.3) is 0 Å². The molecule has 0 aliphatic heterocycles. The monoisotopic (exact) mass is 188 g/mol. The average molecular weight is 189 g/mol. The van der Waals surface area contributed by atoms with Gasteiger partial charge in [-0.15, -0.1) is 24.0 Å². The zero-order chi connectivity index (χ0) is 7.49. The van der Waals surface area contributed by atoms with Crippen LogP contribution in [0, 0.1) is 0 Å². The molecule has 0 bridgehead atoms. The first-order valence-corrected chi connectivity index (χ1v) is 3.53. The van der Waals surface area contributed by atoms with Crippen LogP contribution in [-0.2, 0) is 0 Å². The number of likely N-dealkylation sites (N-methyl/N-ethyl adjacent to an activating group) is 1. The summed E-state index contributed by atoms with van der Waals surface area (Å²) in [5.74, 6) is 0.329. The number of quaternary nitrogens is 1. The largest absolute Gasteiger partial charge is 0.386 e. The zero-order valence-electron chi connectivity index (χ0n) is 6.67. The normalized spacial score (nSPS) is 14.1. The van der Waals surface area contributed by atoms with Crippen molar-refractivity contribution in [2.75, 3.05) is 33.6 Å². The Bertz CT molecular complexity index is 82.3. The number of nitrogens with zero attached hydrogens (tertiary/aromatic N) is 1. The minimum Gasteiger partial charge on any atom is -0.386 e. The molecule has 0 spiro atoms. The molecular weight excluding hydrogens is 173 g/mol. The van der Waals surface area contributed by atoms with Gasteiger partial charge in [-0.1, -0.05) is 0 Å². The molecule has 4 heteroatoms. The molecule has 0 saturated carbocycles. The molecule has 0 aromatic heterocycles. The average Bonchev–Trinajstić information content (AvgIpc) is 1.62. The molecule has 0 radical (unpaired) electrons. The van der Waals surface area contributed by atoms with Crippen LogP contribution < -0.4 is 0 Å². The Morgan fingerprint density at radius 3 is 1.90 bits per heavy atom. The van der Waals surface area contributed by atoms with E-state index in [0.29, 0.717) is 12.4 Å². The third-order valence-corrected chi connectivity index (χ3v) is 1.29.